The Morgan fingerprint density at radius 1 is 0.875 bits per heavy atom. The third kappa shape index (κ3) is 4.39. The van der Waals surface area contributed by atoms with Crippen LogP contribution in [-0.4, -0.2) is 15.9 Å². The van der Waals surface area contributed by atoms with Crippen LogP contribution in [0.5, 0.6) is 0 Å². The lowest BCUT2D eigenvalue weighted by Gasteiger charge is -2.08. The molecule has 0 aliphatic carbocycles. The zero-order valence-electron chi connectivity index (χ0n) is 13.1. The molecule has 0 saturated carbocycles. The molecule has 2 N–H and O–H groups in total. The third-order valence-corrected chi connectivity index (χ3v) is 3.53. The zero-order chi connectivity index (χ0) is 16.6. The van der Waals surface area contributed by atoms with Crippen LogP contribution in [-0.2, 0) is 13.1 Å². The number of carbonyl (C=O) groups excluding carboxylic acids is 1. The fourth-order valence-corrected chi connectivity index (χ4v) is 2.24. The van der Waals surface area contributed by atoms with Crippen LogP contribution in [0.1, 0.15) is 21.6 Å². The lowest BCUT2D eigenvalue weighted by atomic mass is 10.2. The number of hydrogen-bond donors (Lipinski definition) is 2. The molecule has 1 aromatic carbocycles. The third-order valence-electron chi connectivity index (χ3n) is 3.53. The van der Waals surface area contributed by atoms with Gasteiger partial charge in [0.05, 0.1) is 0 Å². The first-order chi connectivity index (χ1) is 11.8. The van der Waals surface area contributed by atoms with Gasteiger partial charge in [0, 0.05) is 37.4 Å². The second kappa shape index (κ2) is 7.87. The molecular formula is C19H18N4O. The van der Waals surface area contributed by atoms with Gasteiger partial charge in [-0.25, -0.2) is 0 Å². The zero-order valence-corrected chi connectivity index (χ0v) is 13.1. The molecule has 0 fully saturated rings. The number of aromatic nitrogens is 2. The van der Waals surface area contributed by atoms with Gasteiger partial charge in [-0.2, -0.15) is 0 Å². The van der Waals surface area contributed by atoms with Crippen molar-refractivity contribution in [2.24, 2.45) is 0 Å². The summed E-state index contributed by atoms with van der Waals surface area (Å²) < 4.78 is 0. The Morgan fingerprint density at radius 2 is 1.62 bits per heavy atom. The van der Waals surface area contributed by atoms with Crippen LogP contribution in [0.25, 0.3) is 0 Å². The molecule has 24 heavy (non-hydrogen) atoms. The van der Waals surface area contributed by atoms with Gasteiger partial charge in [0.1, 0.15) is 5.69 Å². The van der Waals surface area contributed by atoms with E-state index in [1.54, 1.807) is 24.7 Å². The van der Waals surface area contributed by atoms with Crippen molar-refractivity contribution in [2.45, 2.75) is 13.1 Å². The normalized spacial score (nSPS) is 10.2. The molecule has 5 heteroatoms. The molecule has 2 aromatic heterocycles. The van der Waals surface area contributed by atoms with E-state index < -0.39 is 0 Å². The molecule has 0 bridgehead atoms. The predicted molar refractivity (Wildman–Crippen MR) is 93.4 cm³/mol. The van der Waals surface area contributed by atoms with Crippen LogP contribution in [0, 0.1) is 0 Å². The fraction of sp³-hybridized carbons (Fsp3) is 0.105. The average molecular weight is 318 g/mol. The molecule has 3 rings (SSSR count). The molecule has 0 spiro atoms. The summed E-state index contributed by atoms with van der Waals surface area (Å²) in [6.07, 6.45) is 5.14. The number of anilines is 1. The summed E-state index contributed by atoms with van der Waals surface area (Å²) in [6, 6.07) is 17.3. The van der Waals surface area contributed by atoms with Crippen LogP contribution in [0.2, 0.25) is 0 Å². The van der Waals surface area contributed by atoms with Gasteiger partial charge in [-0.1, -0.05) is 30.3 Å². The van der Waals surface area contributed by atoms with Crippen molar-refractivity contribution in [1.29, 1.82) is 0 Å². The maximum absolute atomic E-state index is 12.2. The van der Waals surface area contributed by atoms with Gasteiger partial charge in [-0.15, -0.1) is 0 Å². The van der Waals surface area contributed by atoms with E-state index in [0.717, 1.165) is 16.8 Å². The van der Waals surface area contributed by atoms with Crippen LogP contribution in [0.3, 0.4) is 0 Å². The van der Waals surface area contributed by atoms with E-state index in [1.807, 2.05) is 48.5 Å². The number of pyridine rings is 2. The summed E-state index contributed by atoms with van der Waals surface area (Å²) in [6.45, 7) is 1.15. The molecule has 1 amide bonds. The minimum absolute atomic E-state index is 0.189. The Bertz CT molecular complexity index is 791. The van der Waals surface area contributed by atoms with Gasteiger partial charge in [-0.05, 0) is 35.4 Å². The minimum atomic E-state index is -0.189. The topological polar surface area (TPSA) is 66.9 Å². The number of hydrogen-bond acceptors (Lipinski definition) is 4. The summed E-state index contributed by atoms with van der Waals surface area (Å²) >= 11 is 0. The van der Waals surface area contributed by atoms with Crippen molar-refractivity contribution in [2.75, 3.05) is 5.32 Å². The van der Waals surface area contributed by atoms with E-state index in [1.165, 1.54) is 0 Å². The Hall–Kier alpha value is -3.21. The van der Waals surface area contributed by atoms with E-state index in [-0.39, 0.29) is 5.91 Å². The smallest absolute Gasteiger partial charge is 0.270 e. The maximum atomic E-state index is 12.2. The molecule has 2 heterocycles. The summed E-state index contributed by atoms with van der Waals surface area (Å²) in [5.41, 5.74) is 3.42. The summed E-state index contributed by atoms with van der Waals surface area (Å²) in [5, 5.41) is 6.16. The highest BCUT2D eigenvalue weighted by molar-refractivity contribution is 5.93. The highest BCUT2D eigenvalue weighted by Crippen LogP contribution is 2.10. The molecule has 120 valence electrons. The van der Waals surface area contributed by atoms with Gasteiger partial charge in [0.15, 0.2) is 0 Å². The van der Waals surface area contributed by atoms with E-state index in [0.29, 0.717) is 18.8 Å². The predicted octanol–water partition coefficient (Wildman–Crippen LogP) is 3.02. The standard InChI is InChI=1S/C19H18N4O/c24-19(23-14-15-4-2-1-3-5-15)18-12-17(8-11-21-18)22-13-16-6-9-20-10-7-16/h1-12H,13-14H2,(H,21,22)(H,23,24). The number of nitrogens with one attached hydrogen (secondary N) is 2. The van der Waals surface area contributed by atoms with Crippen LogP contribution in [0.4, 0.5) is 5.69 Å². The molecule has 0 aliphatic rings. The molecule has 5 nitrogen and oxygen atoms in total. The summed E-state index contributed by atoms with van der Waals surface area (Å²) in [4.78, 5) is 20.4. The molecule has 0 radical (unpaired) electrons. The van der Waals surface area contributed by atoms with Gasteiger partial charge < -0.3 is 10.6 Å². The van der Waals surface area contributed by atoms with Crippen molar-refractivity contribution in [1.82, 2.24) is 15.3 Å². The van der Waals surface area contributed by atoms with Crippen molar-refractivity contribution in [3.63, 3.8) is 0 Å². The first-order valence-electron chi connectivity index (χ1n) is 7.72. The summed E-state index contributed by atoms with van der Waals surface area (Å²) in [5.74, 6) is -0.189. The number of nitrogens with zero attached hydrogens (tertiary/aromatic N) is 2. The van der Waals surface area contributed by atoms with Crippen LogP contribution in [0.15, 0.2) is 73.2 Å². The van der Waals surface area contributed by atoms with Gasteiger partial charge >= 0.3 is 0 Å². The molecule has 0 aliphatic heterocycles. The number of rotatable bonds is 6. The lowest BCUT2D eigenvalue weighted by molar-refractivity contribution is 0.0946. The van der Waals surface area contributed by atoms with Crippen LogP contribution < -0.4 is 10.6 Å². The minimum Gasteiger partial charge on any atom is -0.381 e. The Kier molecular flexibility index (Phi) is 5.14. The van der Waals surface area contributed by atoms with Crippen molar-refractivity contribution < 1.29 is 4.79 Å². The lowest BCUT2D eigenvalue weighted by Crippen LogP contribution is -2.23. The molecular weight excluding hydrogens is 300 g/mol. The fourth-order valence-electron chi connectivity index (χ4n) is 2.24. The van der Waals surface area contributed by atoms with E-state index in [2.05, 4.69) is 20.6 Å². The average Bonchev–Trinajstić information content (AvgIpc) is 2.66. The van der Waals surface area contributed by atoms with Gasteiger partial charge in [0.25, 0.3) is 5.91 Å². The van der Waals surface area contributed by atoms with Crippen molar-refractivity contribution in [3.8, 4) is 0 Å². The molecule has 0 unspecified atom stereocenters. The van der Waals surface area contributed by atoms with E-state index in [4.69, 9.17) is 0 Å². The summed E-state index contributed by atoms with van der Waals surface area (Å²) in [7, 11) is 0. The van der Waals surface area contributed by atoms with E-state index >= 15 is 0 Å². The van der Waals surface area contributed by atoms with Crippen LogP contribution >= 0.6 is 0 Å². The number of carbonyl (C=O) groups is 1. The van der Waals surface area contributed by atoms with Gasteiger partial charge in [0.2, 0.25) is 0 Å². The second-order valence-corrected chi connectivity index (χ2v) is 5.31. The van der Waals surface area contributed by atoms with E-state index in [9.17, 15) is 4.79 Å². The molecule has 0 saturated heterocycles. The first kappa shape index (κ1) is 15.7. The van der Waals surface area contributed by atoms with Crippen molar-refractivity contribution in [3.05, 3.63) is 90.0 Å². The quantitative estimate of drug-likeness (QED) is 0.733. The Morgan fingerprint density at radius 3 is 2.42 bits per heavy atom. The van der Waals surface area contributed by atoms with Gasteiger partial charge in [-0.3, -0.25) is 14.8 Å². The van der Waals surface area contributed by atoms with Crippen molar-refractivity contribution >= 4 is 11.6 Å². The SMILES string of the molecule is O=C(NCc1ccccc1)c1cc(NCc2ccncc2)ccn1. The first-order valence-corrected chi connectivity index (χ1v) is 7.72. The molecule has 3 aromatic rings. The highest BCUT2D eigenvalue weighted by Gasteiger charge is 2.07. The second-order valence-electron chi connectivity index (χ2n) is 5.31. The molecule has 0 atom stereocenters. The number of amides is 1. The Balaban J connectivity index is 1.59. The number of benzene rings is 1. The monoisotopic (exact) mass is 318 g/mol. The Labute approximate surface area is 140 Å². The maximum Gasteiger partial charge on any atom is 0.270 e. The largest absolute Gasteiger partial charge is 0.381 e. The highest BCUT2D eigenvalue weighted by atomic mass is 16.1.